The molecule has 0 N–H and O–H groups in total. The number of hydrogen-bond acceptors (Lipinski definition) is 0. The van der Waals surface area contributed by atoms with Crippen LogP contribution in [0.4, 0.5) is 0 Å². The van der Waals surface area contributed by atoms with Crippen molar-refractivity contribution >= 4 is 60.1 Å². The van der Waals surface area contributed by atoms with Crippen LogP contribution in [0.3, 0.4) is 0 Å². The molecule has 0 aliphatic heterocycles. The van der Waals surface area contributed by atoms with Gasteiger partial charge < -0.3 is 6.92 Å². The SMILES string of the molecule is CCc1cc2c(-c3ccc4ccccc4c3)c(C)c(C)c(C)c2[cH-]1.CCc1cc2c(-c3ccc4ccccc4c3)c(C)c(C)c(C)c2[cH-]1.[CH2-]C.[Cl][Zr][Cl]. The Morgan fingerprint density at radius 1 is 0.472 bits per heavy atom. The van der Waals surface area contributed by atoms with Crippen LogP contribution in [0.5, 0.6) is 0 Å². The van der Waals surface area contributed by atoms with E-state index in [9.17, 15) is 0 Å². The molecule has 0 saturated heterocycles. The summed E-state index contributed by atoms with van der Waals surface area (Å²) in [7, 11) is 9.87. The van der Waals surface area contributed by atoms with E-state index in [2.05, 4.69) is 172 Å². The summed E-state index contributed by atoms with van der Waals surface area (Å²) in [5.74, 6) is 0. The van der Waals surface area contributed by atoms with Gasteiger partial charge >= 0.3 is 37.9 Å². The summed E-state index contributed by atoms with van der Waals surface area (Å²) in [6, 6.07) is 40.5. The number of halogens is 2. The summed E-state index contributed by atoms with van der Waals surface area (Å²) in [5.41, 5.74) is 16.8. The fraction of sp³-hybridized carbons (Fsp3) is 0.220. The molecular weight excluding hydrogens is 763 g/mol. The van der Waals surface area contributed by atoms with Crippen molar-refractivity contribution in [1.29, 1.82) is 0 Å². The van der Waals surface area contributed by atoms with Crippen LogP contribution in [-0.2, 0) is 33.7 Å². The summed E-state index contributed by atoms with van der Waals surface area (Å²) >= 11 is -0.826. The molecule has 0 fully saturated rings. The van der Waals surface area contributed by atoms with Gasteiger partial charge in [0.2, 0.25) is 0 Å². The molecular formula is C50H51Cl2Zr-3. The Labute approximate surface area is 336 Å². The van der Waals surface area contributed by atoms with Gasteiger partial charge in [-0.15, -0.1) is 55.9 Å². The van der Waals surface area contributed by atoms with Crippen LogP contribution in [0.2, 0.25) is 0 Å². The molecule has 0 heterocycles. The molecule has 8 aromatic rings. The van der Waals surface area contributed by atoms with E-state index in [0.717, 1.165) is 12.8 Å². The number of benzene rings is 6. The standard InChI is InChI=1S/2C24H23.C2H5.2ClH.Zr/c2*1-5-18-12-22-16(3)15(2)17(4)24(23(22)13-18)21-11-10-19-8-6-7-9-20(19)14-21;1-2;;;/h2*6-14H,5H2,1-4H3;1H2,2H3;2*1H;/q3*-1;;;+2/p-2. The van der Waals surface area contributed by atoms with E-state index < -0.39 is 20.8 Å². The van der Waals surface area contributed by atoms with E-state index in [-0.39, 0.29) is 0 Å². The molecule has 0 nitrogen and oxygen atoms in total. The van der Waals surface area contributed by atoms with Gasteiger partial charge in [0.1, 0.15) is 0 Å². The maximum atomic E-state index is 4.93. The van der Waals surface area contributed by atoms with E-state index in [4.69, 9.17) is 17.0 Å². The quantitative estimate of drug-likeness (QED) is 0.155. The average Bonchev–Trinajstić information content (AvgIpc) is 3.83. The van der Waals surface area contributed by atoms with Crippen LogP contribution in [0.15, 0.2) is 109 Å². The first-order valence-corrected chi connectivity index (χ1v) is 25.0. The van der Waals surface area contributed by atoms with Crippen LogP contribution in [-0.4, -0.2) is 0 Å². The molecule has 0 atom stereocenters. The molecule has 0 aliphatic carbocycles. The molecule has 3 heteroatoms. The molecule has 0 spiro atoms. The van der Waals surface area contributed by atoms with Gasteiger partial charge in [-0.05, 0) is 85.3 Å². The van der Waals surface area contributed by atoms with Crippen LogP contribution in [0.1, 0.15) is 65.3 Å². The second-order valence-corrected chi connectivity index (χ2v) is 17.5. The summed E-state index contributed by atoms with van der Waals surface area (Å²) in [5, 5.41) is 10.9. The topological polar surface area (TPSA) is 0 Å². The van der Waals surface area contributed by atoms with Crippen LogP contribution in [0, 0.1) is 48.5 Å². The predicted molar refractivity (Wildman–Crippen MR) is 235 cm³/mol. The van der Waals surface area contributed by atoms with Gasteiger partial charge in [-0.25, -0.2) is 0 Å². The minimum absolute atomic E-state index is 0.826. The predicted octanol–water partition coefficient (Wildman–Crippen LogP) is 16.0. The van der Waals surface area contributed by atoms with Gasteiger partial charge in [0.25, 0.3) is 0 Å². The molecule has 0 saturated carbocycles. The third-order valence-corrected chi connectivity index (χ3v) is 11.1. The molecule has 8 aromatic carbocycles. The Kier molecular flexibility index (Phi) is 14.0. The molecule has 0 amide bonds. The van der Waals surface area contributed by atoms with Crippen molar-refractivity contribution < 1.29 is 20.8 Å². The Hall–Kier alpha value is -3.48. The van der Waals surface area contributed by atoms with Crippen molar-refractivity contribution in [1.82, 2.24) is 0 Å². The number of aryl methyl sites for hydroxylation is 4. The Morgan fingerprint density at radius 3 is 1.15 bits per heavy atom. The Balaban J connectivity index is 0.000000183. The van der Waals surface area contributed by atoms with Crippen LogP contribution in [0.25, 0.3) is 65.3 Å². The van der Waals surface area contributed by atoms with Gasteiger partial charge in [0, 0.05) is 0 Å². The van der Waals surface area contributed by atoms with Gasteiger partial charge in [0.15, 0.2) is 0 Å². The minimum atomic E-state index is -0.826. The normalized spacial score (nSPS) is 10.8. The zero-order valence-corrected chi connectivity index (χ0v) is 36.7. The molecule has 0 radical (unpaired) electrons. The first-order chi connectivity index (χ1) is 25.6. The van der Waals surface area contributed by atoms with Gasteiger partial charge in [0.05, 0.1) is 0 Å². The number of rotatable bonds is 4. The van der Waals surface area contributed by atoms with Crippen LogP contribution < -0.4 is 0 Å². The van der Waals surface area contributed by atoms with Crippen molar-refractivity contribution in [3.8, 4) is 22.3 Å². The third kappa shape index (κ3) is 8.29. The number of fused-ring (bicyclic) bond motifs is 4. The second kappa shape index (κ2) is 18.2. The first-order valence-electron chi connectivity index (χ1n) is 18.6. The Morgan fingerprint density at radius 2 is 0.811 bits per heavy atom. The van der Waals surface area contributed by atoms with Gasteiger partial charge in [-0.2, -0.15) is 19.1 Å². The maximum absolute atomic E-state index is 4.93. The zero-order chi connectivity index (χ0) is 38.4. The van der Waals surface area contributed by atoms with E-state index in [1.54, 1.807) is 6.92 Å². The van der Waals surface area contributed by atoms with Gasteiger partial charge in [-0.3, -0.25) is 0 Å². The molecule has 53 heavy (non-hydrogen) atoms. The fourth-order valence-corrected chi connectivity index (χ4v) is 7.76. The van der Waals surface area contributed by atoms with E-state index in [1.165, 1.54) is 110 Å². The van der Waals surface area contributed by atoms with Crippen molar-refractivity contribution in [3.05, 3.63) is 161 Å². The molecule has 8 rings (SSSR count). The molecule has 0 bridgehead atoms. The molecule has 0 unspecified atom stereocenters. The van der Waals surface area contributed by atoms with E-state index >= 15 is 0 Å². The summed E-state index contributed by atoms with van der Waals surface area (Å²) in [4.78, 5) is 0. The molecule has 272 valence electrons. The fourth-order valence-electron chi connectivity index (χ4n) is 7.76. The van der Waals surface area contributed by atoms with Crippen molar-refractivity contribution in [2.24, 2.45) is 0 Å². The summed E-state index contributed by atoms with van der Waals surface area (Å²) in [6.07, 6.45) is 2.17. The molecule has 0 aliphatic rings. The average molecular weight is 814 g/mol. The van der Waals surface area contributed by atoms with E-state index in [1.807, 2.05) is 0 Å². The Bertz CT molecular complexity index is 2330. The number of hydrogen-bond donors (Lipinski definition) is 0. The summed E-state index contributed by atoms with van der Waals surface area (Å²) in [6.45, 7) is 23.0. The summed E-state index contributed by atoms with van der Waals surface area (Å²) < 4.78 is 0. The van der Waals surface area contributed by atoms with Crippen molar-refractivity contribution in [2.45, 2.75) is 75.2 Å². The third-order valence-electron chi connectivity index (χ3n) is 11.1. The second-order valence-electron chi connectivity index (χ2n) is 13.8. The van der Waals surface area contributed by atoms with Gasteiger partial charge in [-0.1, -0.05) is 134 Å². The zero-order valence-electron chi connectivity index (χ0n) is 32.8. The van der Waals surface area contributed by atoms with Crippen molar-refractivity contribution in [2.75, 3.05) is 0 Å². The van der Waals surface area contributed by atoms with E-state index in [0.29, 0.717) is 0 Å². The first kappa shape index (κ1) is 40.7. The molecule has 0 aromatic heterocycles. The monoisotopic (exact) mass is 811 g/mol. The van der Waals surface area contributed by atoms with Crippen molar-refractivity contribution in [3.63, 3.8) is 0 Å². The van der Waals surface area contributed by atoms with Crippen LogP contribution >= 0.6 is 17.0 Å².